The Morgan fingerprint density at radius 3 is 1.85 bits per heavy atom. The number of hydrogen-bond acceptors (Lipinski definition) is 4. The lowest BCUT2D eigenvalue weighted by Gasteiger charge is -2.25. The number of aliphatic hydroxyl groups is 2. The molecular formula is C9H16O4. The van der Waals surface area contributed by atoms with Crippen molar-refractivity contribution in [3.63, 3.8) is 0 Å². The first-order valence-electron chi connectivity index (χ1n) is 4.86. The van der Waals surface area contributed by atoms with Crippen LogP contribution < -0.4 is 0 Å². The van der Waals surface area contributed by atoms with Crippen LogP contribution in [0.4, 0.5) is 0 Å². The molecule has 2 aliphatic rings. The predicted molar refractivity (Wildman–Crippen MR) is 45.1 cm³/mol. The molecular weight excluding hydrogens is 172 g/mol. The normalized spacial score (nSPS) is 39.2. The molecule has 0 radical (unpaired) electrons. The van der Waals surface area contributed by atoms with Gasteiger partial charge in [0.1, 0.15) is 0 Å². The molecule has 2 atom stereocenters. The molecule has 1 aliphatic heterocycles. The Labute approximate surface area is 77.5 Å². The molecule has 1 heterocycles. The van der Waals surface area contributed by atoms with Crippen LogP contribution in [-0.4, -0.2) is 41.4 Å². The zero-order chi connectivity index (χ0) is 9.31. The van der Waals surface area contributed by atoms with Gasteiger partial charge in [-0.15, -0.1) is 0 Å². The molecule has 13 heavy (non-hydrogen) atoms. The van der Waals surface area contributed by atoms with Gasteiger partial charge in [0.25, 0.3) is 0 Å². The maximum atomic E-state index is 9.44. The summed E-state index contributed by atoms with van der Waals surface area (Å²) in [5, 5.41) is 18.9. The first-order chi connectivity index (χ1) is 6.22. The second kappa shape index (κ2) is 3.53. The number of ether oxygens (including phenoxy) is 2. The molecule has 0 aromatic carbocycles. The summed E-state index contributed by atoms with van der Waals surface area (Å²) < 4.78 is 11.0. The smallest absolute Gasteiger partial charge is 0.168 e. The summed E-state index contributed by atoms with van der Waals surface area (Å²) in [5.74, 6) is -0.502. The predicted octanol–water partition coefficient (Wildman–Crippen LogP) is 0.0253. The maximum absolute atomic E-state index is 9.44. The monoisotopic (exact) mass is 188 g/mol. The van der Waals surface area contributed by atoms with Crippen LogP contribution >= 0.6 is 0 Å². The lowest BCUT2D eigenvalue weighted by Crippen LogP contribution is -2.29. The van der Waals surface area contributed by atoms with Gasteiger partial charge in [-0.3, -0.25) is 0 Å². The van der Waals surface area contributed by atoms with Crippen LogP contribution in [0, 0.1) is 0 Å². The highest BCUT2D eigenvalue weighted by Gasteiger charge is 2.40. The molecule has 2 rings (SSSR count). The molecule has 0 aromatic heterocycles. The van der Waals surface area contributed by atoms with Crippen LogP contribution in [0.15, 0.2) is 0 Å². The summed E-state index contributed by atoms with van der Waals surface area (Å²) in [4.78, 5) is 0. The number of rotatable bonds is 0. The van der Waals surface area contributed by atoms with Gasteiger partial charge in [-0.2, -0.15) is 0 Å². The third-order valence-electron chi connectivity index (χ3n) is 2.90. The second-order valence-corrected chi connectivity index (χ2v) is 3.82. The maximum Gasteiger partial charge on any atom is 0.168 e. The molecule has 2 fully saturated rings. The van der Waals surface area contributed by atoms with Gasteiger partial charge in [0.2, 0.25) is 0 Å². The summed E-state index contributed by atoms with van der Waals surface area (Å²) in [6.07, 6.45) is 1.25. The molecule has 2 N–H and O–H groups in total. The van der Waals surface area contributed by atoms with Gasteiger partial charge in [0, 0.05) is 12.8 Å². The van der Waals surface area contributed by atoms with Crippen LogP contribution in [0.1, 0.15) is 25.7 Å². The molecule has 76 valence electrons. The standard InChI is InChI=1S/C9H16O4/c10-7-1-3-9(4-2-8(7)11)12-5-6-13-9/h7-8,10-11H,1-6H2. The van der Waals surface area contributed by atoms with Crippen molar-refractivity contribution in [2.75, 3.05) is 13.2 Å². The summed E-state index contributed by atoms with van der Waals surface area (Å²) in [6.45, 7) is 1.26. The summed E-state index contributed by atoms with van der Waals surface area (Å²) >= 11 is 0. The van der Waals surface area contributed by atoms with Crippen molar-refractivity contribution in [3.05, 3.63) is 0 Å². The Hall–Kier alpha value is -0.160. The fourth-order valence-corrected chi connectivity index (χ4v) is 2.03. The topological polar surface area (TPSA) is 58.9 Å². The van der Waals surface area contributed by atoms with E-state index in [0.717, 1.165) is 0 Å². The minimum Gasteiger partial charge on any atom is -0.390 e. The molecule has 1 aliphatic carbocycles. The zero-order valence-corrected chi connectivity index (χ0v) is 7.61. The van der Waals surface area contributed by atoms with Gasteiger partial charge in [0.15, 0.2) is 5.79 Å². The first kappa shape index (κ1) is 9.40. The fourth-order valence-electron chi connectivity index (χ4n) is 2.03. The molecule has 0 amide bonds. The van der Waals surface area contributed by atoms with E-state index in [0.29, 0.717) is 38.9 Å². The van der Waals surface area contributed by atoms with Gasteiger partial charge >= 0.3 is 0 Å². The van der Waals surface area contributed by atoms with Crippen molar-refractivity contribution in [1.29, 1.82) is 0 Å². The number of hydrogen-bond donors (Lipinski definition) is 2. The minimum atomic E-state index is -0.618. The lowest BCUT2D eigenvalue weighted by atomic mass is 10.1. The fraction of sp³-hybridized carbons (Fsp3) is 1.00. The van der Waals surface area contributed by atoms with Crippen LogP contribution in [0.5, 0.6) is 0 Å². The van der Waals surface area contributed by atoms with Crippen molar-refractivity contribution >= 4 is 0 Å². The average molecular weight is 188 g/mol. The summed E-state index contributed by atoms with van der Waals surface area (Å²) in [5.41, 5.74) is 0. The van der Waals surface area contributed by atoms with Crippen molar-refractivity contribution in [3.8, 4) is 0 Å². The Morgan fingerprint density at radius 2 is 1.38 bits per heavy atom. The third kappa shape index (κ3) is 1.86. The highest BCUT2D eigenvalue weighted by atomic mass is 16.7. The van der Waals surface area contributed by atoms with E-state index in [1.54, 1.807) is 0 Å². The van der Waals surface area contributed by atoms with E-state index in [2.05, 4.69) is 0 Å². The highest BCUT2D eigenvalue weighted by molar-refractivity contribution is 4.83. The molecule has 2 unspecified atom stereocenters. The van der Waals surface area contributed by atoms with Gasteiger partial charge in [0.05, 0.1) is 25.4 Å². The molecule has 0 bridgehead atoms. The van der Waals surface area contributed by atoms with E-state index < -0.39 is 18.0 Å². The van der Waals surface area contributed by atoms with Crippen LogP contribution in [-0.2, 0) is 9.47 Å². The van der Waals surface area contributed by atoms with Gasteiger partial charge < -0.3 is 19.7 Å². The molecule has 1 spiro atoms. The lowest BCUT2D eigenvalue weighted by molar-refractivity contribution is -0.166. The Balaban J connectivity index is 2.00. The molecule has 4 nitrogen and oxygen atoms in total. The van der Waals surface area contributed by atoms with E-state index in [9.17, 15) is 10.2 Å². The Bertz CT molecular complexity index is 162. The van der Waals surface area contributed by atoms with Crippen molar-refractivity contribution in [2.24, 2.45) is 0 Å². The highest BCUT2D eigenvalue weighted by Crippen LogP contribution is 2.34. The van der Waals surface area contributed by atoms with Gasteiger partial charge in [-0.1, -0.05) is 0 Å². The van der Waals surface area contributed by atoms with Crippen molar-refractivity contribution in [2.45, 2.75) is 43.7 Å². The minimum absolute atomic E-state index is 0.502. The van der Waals surface area contributed by atoms with E-state index in [1.807, 2.05) is 0 Å². The number of aliphatic hydroxyl groups excluding tert-OH is 2. The Morgan fingerprint density at radius 1 is 0.923 bits per heavy atom. The van der Waals surface area contributed by atoms with E-state index >= 15 is 0 Å². The average Bonchev–Trinajstić information content (AvgIpc) is 2.54. The SMILES string of the molecule is OC1CCC2(CCC1O)OCCO2. The summed E-state index contributed by atoms with van der Waals surface area (Å²) in [7, 11) is 0. The zero-order valence-electron chi connectivity index (χ0n) is 7.61. The van der Waals surface area contributed by atoms with Crippen LogP contribution in [0.2, 0.25) is 0 Å². The van der Waals surface area contributed by atoms with E-state index in [1.165, 1.54) is 0 Å². The largest absolute Gasteiger partial charge is 0.390 e. The van der Waals surface area contributed by atoms with Crippen molar-refractivity contribution in [1.82, 2.24) is 0 Å². The first-order valence-corrected chi connectivity index (χ1v) is 4.86. The van der Waals surface area contributed by atoms with Gasteiger partial charge in [-0.05, 0) is 12.8 Å². The van der Waals surface area contributed by atoms with Crippen LogP contribution in [0.25, 0.3) is 0 Å². The van der Waals surface area contributed by atoms with Gasteiger partial charge in [-0.25, -0.2) is 0 Å². The third-order valence-corrected chi connectivity index (χ3v) is 2.90. The molecule has 1 saturated carbocycles. The van der Waals surface area contributed by atoms with Crippen molar-refractivity contribution < 1.29 is 19.7 Å². The van der Waals surface area contributed by atoms with E-state index in [4.69, 9.17) is 9.47 Å². The second-order valence-electron chi connectivity index (χ2n) is 3.82. The molecule has 4 heteroatoms. The molecule has 0 aromatic rings. The van der Waals surface area contributed by atoms with E-state index in [-0.39, 0.29) is 0 Å². The summed E-state index contributed by atoms with van der Waals surface area (Å²) in [6, 6.07) is 0. The quantitative estimate of drug-likeness (QED) is 0.563. The molecule has 1 saturated heterocycles. The van der Waals surface area contributed by atoms with Crippen LogP contribution in [0.3, 0.4) is 0 Å². The Kier molecular flexibility index (Phi) is 2.55.